The number of rotatable bonds is 5. The SMILES string of the molecule is O=C(NC(NC(=O)c1ccccc1)c1coc2ccccc2c1=O)c1ccccc1. The van der Waals surface area contributed by atoms with Crippen molar-refractivity contribution in [2.45, 2.75) is 6.17 Å². The van der Waals surface area contributed by atoms with Crippen LogP contribution in [0.5, 0.6) is 0 Å². The van der Waals surface area contributed by atoms with Gasteiger partial charge in [-0.1, -0.05) is 48.5 Å². The summed E-state index contributed by atoms with van der Waals surface area (Å²) < 4.78 is 5.58. The first-order chi connectivity index (χ1) is 14.6. The Morgan fingerprint density at radius 1 is 0.700 bits per heavy atom. The highest BCUT2D eigenvalue weighted by molar-refractivity contribution is 5.96. The van der Waals surface area contributed by atoms with Crippen molar-refractivity contribution in [3.63, 3.8) is 0 Å². The monoisotopic (exact) mass is 398 g/mol. The number of hydrogen-bond donors (Lipinski definition) is 2. The molecule has 148 valence electrons. The predicted octanol–water partition coefficient (Wildman–Crippen LogP) is 3.65. The minimum atomic E-state index is -1.08. The molecule has 4 aromatic rings. The number of carbonyl (C=O) groups is 2. The highest BCUT2D eigenvalue weighted by Gasteiger charge is 2.23. The number of benzene rings is 3. The first-order valence-electron chi connectivity index (χ1n) is 9.36. The molecule has 6 heteroatoms. The normalized spacial score (nSPS) is 10.7. The summed E-state index contributed by atoms with van der Waals surface area (Å²) in [5, 5.41) is 5.81. The van der Waals surface area contributed by atoms with Gasteiger partial charge in [-0.05, 0) is 36.4 Å². The molecule has 0 fully saturated rings. The number of hydrogen-bond acceptors (Lipinski definition) is 4. The highest BCUT2D eigenvalue weighted by Crippen LogP contribution is 2.15. The second-order valence-electron chi connectivity index (χ2n) is 6.63. The molecule has 2 N–H and O–H groups in total. The van der Waals surface area contributed by atoms with E-state index in [0.29, 0.717) is 22.1 Å². The molecule has 0 spiro atoms. The topological polar surface area (TPSA) is 88.4 Å². The number of para-hydroxylation sites is 1. The highest BCUT2D eigenvalue weighted by atomic mass is 16.3. The molecule has 1 heterocycles. The summed E-state index contributed by atoms with van der Waals surface area (Å²) in [4.78, 5) is 38.5. The van der Waals surface area contributed by atoms with Crippen LogP contribution < -0.4 is 16.1 Å². The van der Waals surface area contributed by atoms with Crippen LogP contribution in [0, 0.1) is 0 Å². The van der Waals surface area contributed by atoms with Gasteiger partial charge in [-0.2, -0.15) is 0 Å². The van der Waals surface area contributed by atoms with E-state index >= 15 is 0 Å². The average Bonchev–Trinajstić information content (AvgIpc) is 2.80. The summed E-state index contributed by atoms with van der Waals surface area (Å²) in [6, 6.07) is 23.9. The van der Waals surface area contributed by atoms with E-state index in [4.69, 9.17) is 4.42 Å². The molecule has 1 aromatic heterocycles. The molecule has 0 bridgehead atoms. The van der Waals surface area contributed by atoms with E-state index in [0.717, 1.165) is 0 Å². The third-order valence-corrected chi connectivity index (χ3v) is 4.64. The fourth-order valence-corrected chi connectivity index (χ4v) is 3.09. The molecule has 0 aliphatic carbocycles. The Kier molecular flexibility index (Phi) is 5.39. The van der Waals surface area contributed by atoms with Crippen molar-refractivity contribution in [1.82, 2.24) is 10.6 Å². The molecule has 0 saturated heterocycles. The van der Waals surface area contributed by atoms with Crippen LogP contribution in [0.3, 0.4) is 0 Å². The first-order valence-corrected chi connectivity index (χ1v) is 9.36. The minimum Gasteiger partial charge on any atom is -0.464 e. The quantitative estimate of drug-likeness (QED) is 0.502. The molecular formula is C24H18N2O4. The van der Waals surface area contributed by atoms with E-state index in [-0.39, 0.29) is 11.0 Å². The van der Waals surface area contributed by atoms with Crippen molar-refractivity contribution in [2.24, 2.45) is 0 Å². The fraction of sp³-hybridized carbons (Fsp3) is 0.0417. The zero-order valence-electron chi connectivity index (χ0n) is 15.9. The Morgan fingerprint density at radius 3 is 1.77 bits per heavy atom. The van der Waals surface area contributed by atoms with Crippen LogP contribution in [0.1, 0.15) is 32.4 Å². The summed E-state index contributed by atoms with van der Waals surface area (Å²) in [7, 11) is 0. The third-order valence-electron chi connectivity index (χ3n) is 4.64. The lowest BCUT2D eigenvalue weighted by atomic mass is 10.1. The van der Waals surface area contributed by atoms with Gasteiger partial charge in [0, 0.05) is 11.1 Å². The molecule has 0 unspecified atom stereocenters. The zero-order valence-corrected chi connectivity index (χ0v) is 15.9. The van der Waals surface area contributed by atoms with Crippen LogP contribution in [0.25, 0.3) is 11.0 Å². The van der Waals surface area contributed by atoms with Crippen LogP contribution in [-0.4, -0.2) is 11.8 Å². The number of nitrogens with one attached hydrogen (secondary N) is 2. The average molecular weight is 398 g/mol. The van der Waals surface area contributed by atoms with E-state index < -0.39 is 18.0 Å². The first kappa shape index (κ1) is 19.1. The van der Waals surface area contributed by atoms with Crippen molar-refractivity contribution in [3.8, 4) is 0 Å². The molecule has 0 atom stereocenters. The summed E-state index contributed by atoms with van der Waals surface area (Å²) in [6.45, 7) is 0. The largest absolute Gasteiger partial charge is 0.464 e. The van der Waals surface area contributed by atoms with Gasteiger partial charge in [-0.15, -0.1) is 0 Å². The Balaban J connectivity index is 1.71. The molecule has 2 amide bonds. The van der Waals surface area contributed by atoms with Crippen LogP contribution >= 0.6 is 0 Å². The van der Waals surface area contributed by atoms with Gasteiger partial charge in [0.2, 0.25) is 0 Å². The van der Waals surface area contributed by atoms with Gasteiger partial charge in [-0.25, -0.2) is 0 Å². The number of amides is 2. The van der Waals surface area contributed by atoms with Crippen molar-refractivity contribution in [2.75, 3.05) is 0 Å². The maximum Gasteiger partial charge on any atom is 0.253 e. The molecule has 6 nitrogen and oxygen atoms in total. The van der Waals surface area contributed by atoms with Gasteiger partial charge < -0.3 is 15.1 Å². The summed E-state index contributed by atoms with van der Waals surface area (Å²) >= 11 is 0. The van der Waals surface area contributed by atoms with Crippen LogP contribution in [0.4, 0.5) is 0 Å². The summed E-state index contributed by atoms with van der Waals surface area (Å²) in [5.74, 6) is -0.858. The molecule has 0 aliphatic rings. The van der Waals surface area contributed by atoms with Gasteiger partial charge in [0.15, 0.2) is 5.43 Å². The number of carbonyl (C=O) groups excluding carboxylic acids is 2. The van der Waals surface area contributed by atoms with Gasteiger partial charge in [-0.3, -0.25) is 14.4 Å². The fourth-order valence-electron chi connectivity index (χ4n) is 3.09. The van der Waals surface area contributed by atoms with Crippen LogP contribution in [0.15, 0.2) is 100 Å². The molecule has 0 saturated carbocycles. The lowest BCUT2D eigenvalue weighted by molar-refractivity contribution is 0.0882. The van der Waals surface area contributed by atoms with Gasteiger partial charge in [0.25, 0.3) is 11.8 Å². The predicted molar refractivity (Wildman–Crippen MR) is 113 cm³/mol. The minimum absolute atomic E-state index is 0.127. The molecule has 30 heavy (non-hydrogen) atoms. The lowest BCUT2D eigenvalue weighted by Crippen LogP contribution is -2.43. The van der Waals surface area contributed by atoms with Crippen molar-refractivity contribution in [3.05, 3.63) is 118 Å². The van der Waals surface area contributed by atoms with Crippen LogP contribution in [-0.2, 0) is 0 Å². The van der Waals surface area contributed by atoms with E-state index in [1.165, 1.54) is 6.26 Å². The summed E-state index contributed by atoms with van der Waals surface area (Å²) in [5.41, 5.74) is 1.03. The maximum absolute atomic E-state index is 13.0. The van der Waals surface area contributed by atoms with Crippen LogP contribution in [0.2, 0.25) is 0 Å². The summed E-state index contributed by atoms with van der Waals surface area (Å²) in [6.07, 6.45) is 0.192. The Bertz CT molecular complexity index is 1200. The standard InChI is InChI=1S/C24H18N2O4/c27-21-18-13-7-8-14-20(18)30-15-19(21)22(25-23(28)16-9-3-1-4-10-16)26-24(29)17-11-5-2-6-12-17/h1-15,22H,(H,25,28)(H,26,29). The zero-order chi connectivity index (χ0) is 20.9. The second-order valence-corrected chi connectivity index (χ2v) is 6.63. The Labute approximate surface area is 172 Å². The molecule has 4 rings (SSSR count). The third kappa shape index (κ3) is 3.98. The molecular weight excluding hydrogens is 380 g/mol. The van der Waals surface area contributed by atoms with Gasteiger partial charge in [0.1, 0.15) is 18.0 Å². The maximum atomic E-state index is 13.0. The molecule has 0 aliphatic heterocycles. The smallest absolute Gasteiger partial charge is 0.253 e. The molecule has 0 radical (unpaired) electrons. The van der Waals surface area contributed by atoms with Crippen molar-refractivity contribution in [1.29, 1.82) is 0 Å². The number of fused-ring (bicyclic) bond motifs is 1. The second kappa shape index (κ2) is 8.45. The molecule has 3 aromatic carbocycles. The van der Waals surface area contributed by atoms with E-state index in [2.05, 4.69) is 10.6 Å². The van der Waals surface area contributed by atoms with Gasteiger partial charge >= 0.3 is 0 Å². The lowest BCUT2D eigenvalue weighted by Gasteiger charge is -2.20. The van der Waals surface area contributed by atoms with E-state index in [9.17, 15) is 14.4 Å². The van der Waals surface area contributed by atoms with E-state index in [1.807, 2.05) is 0 Å². The Hall–Kier alpha value is -4.19. The van der Waals surface area contributed by atoms with E-state index in [1.54, 1.807) is 84.9 Å². The Morgan fingerprint density at radius 2 is 1.20 bits per heavy atom. The van der Waals surface area contributed by atoms with Crippen molar-refractivity contribution >= 4 is 22.8 Å². The van der Waals surface area contributed by atoms with Crippen molar-refractivity contribution < 1.29 is 14.0 Å². The van der Waals surface area contributed by atoms with Gasteiger partial charge in [0.05, 0.1) is 10.9 Å².